The second-order valence-electron chi connectivity index (χ2n) is 9.55. The summed E-state index contributed by atoms with van der Waals surface area (Å²) in [6, 6.07) is 12.0. The number of thiophene rings is 1. The number of piperidine rings is 1. The van der Waals surface area contributed by atoms with E-state index in [-0.39, 0.29) is 5.91 Å². The normalized spacial score (nSPS) is 29.3. The van der Waals surface area contributed by atoms with Crippen LogP contribution in [0.5, 0.6) is 0 Å². The van der Waals surface area contributed by atoms with Gasteiger partial charge >= 0.3 is 0 Å². The summed E-state index contributed by atoms with van der Waals surface area (Å²) in [4.78, 5) is 25.5. The zero-order valence-electron chi connectivity index (χ0n) is 18.0. The second kappa shape index (κ2) is 7.38. The van der Waals surface area contributed by atoms with Gasteiger partial charge in [0.2, 0.25) is 0 Å². The first-order valence-electron chi connectivity index (χ1n) is 11.4. The molecule has 2 aliphatic heterocycles. The van der Waals surface area contributed by atoms with Crippen molar-refractivity contribution in [2.45, 2.75) is 69.0 Å². The largest absolute Gasteiger partial charge is 0.339 e. The minimum atomic E-state index is 0.150. The number of hydrogen-bond donors (Lipinski definition) is 1. The van der Waals surface area contributed by atoms with Gasteiger partial charge in [-0.15, -0.1) is 11.3 Å². The zero-order chi connectivity index (χ0) is 21.1. The molecule has 0 spiro atoms. The van der Waals surface area contributed by atoms with Crippen LogP contribution in [0.25, 0.3) is 10.2 Å². The Hall–Kier alpha value is -2.31. The Labute approximate surface area is 186 Å². The first kappa shape index (κ1) is 19.4. The smallest absolute Gasteiger partial charge is 0.253 e. The van der Waals surface area contributed by atoms with Crippen LogP contribution in [0.4, 0.5) is 0 Å². The fraction of sp³-hybridized carbons (Fsp3) is 0.480. The average Bonchev–Trinajstić information content (AvgIpc) is 3.32. The zero-order valence-corrected chi connectivity index (χ0v) is 18.9. The fourth-order valence-corrected chi connectivity index (χ4v) is 6.54. The van der Waals surface area contributed by atoms with Crippen LogP contribution < -0.4 is 5.32 Å². The Morgan fingerprint density at radius 1 is 1.03 bits per heavy atom. The lowest BCUT2D eigenvalue weighted by Crippen LogP contribution is -2.48. The van der Waals surface area contributed by atoms with Gasteiger partial charge in [0.25, 0.3) is 5.91 Å². The van der Waals surface area contributed by atoms with Crippen molar-refractivity contribution >= 4 is 27.5 Å². The lowest BCUT2D eigenvalue weighted by Gasteiger charge is -2.35. The maximum Gasteiger partial charge on any atom is 0.253 e. The minimum Gasteiger partial charge on any atom is -0.339 e. The quantitative estimate of drug-likeness (QED) is 0.653. The van der Waals surface area contributed by atoms with Crippen LogP contribution in [-0.4, -0.2) is 45.9 Å². The molecular formula is C25H28N4OS. The number of amides is 1. The molecule has 3 fully saturated rings. The highest BCUT2D eigenvalue weighted by Crippen LogP contribution is 2.55. The van der Waals surface area contributed by atoms with Crippen LogP contribution in [0.3, 0.4) is 0 Å². The number of nitrogens with zero attached hydrogens (tertiary/aromatic N) is 3. The van der Waals surface area contributed by atoms with Crippen molar-refractivity contribution in [1.29, 1.82) is 0 Å². The Balaban J connectivity index is 1.16. The van der Waals surface area contributed by atoms with Gasteiger partial charge in [-0.05, 0) is 74.1 Å². The van der Waals surface area contributed by atoms with Gasteiger partial charge in [-0.2, -0.15) is 0 Å². The molecule has 160 valence electrons. The van der Waals surface area contributed by atoms with Crippen LogP contribution in [0.2, 0.25) is 0 Å². The van der Waals surface area contributed by atoms with Crippen molar-refractivity contribution in [1.82, 2.24) is 20.2 Å². The van der Waals surface area contributed by atoms with E-state index in [4.69, 9.17) is 4.98 Å². The summed E-state index contributed by atoms with van der Waals surface area (Å²) in [7, 11) is 1.98. The highest BCUT2D eigenvalue weighted by molar-refractivity contribution is 7.16. The van der Waals surface area contributed by atoms with Gasteiger partial charge in [-0.25, -0.2) is 9.97 Å². The van der Waals surface area contributed by atoms with Gasteiger partial charge in [0.05, 0.1) is 5.69 Å². The molecule has 1 saturated carbocycles. The molecule has 4 atom stereocenters. The van der Waals surface area contributed by atoms with Crippen molar-refractivity contribution in [2.75, 3.05) is 7.05 Å². The number of benzene rings is 1. The number of fused-ring (bicyclic) bond motifs is 3. The average molecular weight is 433 g/mol. The molecule has 1 N–H and O–H groups in total. The number of carbonyl (C=O) groups excluding carboxylic acids is 1. The lowest BCUT2D eigenvalue weighted by molar-refractivity contribution is 0.0681. The molecule has 3 aliphatic rings. The van der Waals surface area contributed by atoms with E-state index in [0.29, 0.717) is 30.0 Å². The van der Waals surface area contributed by atoms with Crippen molar-refractivity contribution in [3.05, 3.63) is 58.4 Å². The van der Waals surface area contributed by atoms with Gasteiger partial charge in [-0.3, -0.25) is 4.79 Å². The van der Waals surface area contributed by atoms with Gasteiger partial charge < -0.3 is 10.2 Å². The maximum atomic E-state index is 13.1. The first-order chi connectivity index (χ1) is 15.1. The van der Waals surface area contributed by atoms with E-state index in [1.54, 1.807) is 11.3 Å². The summed E-state index contributed by atoms with van der Waals surface area (Å²) < 4.78 is 0. The van der Waals surface area contributed by atoms with E-state index >= 15 is 0 Å². The van der Waals surface area contributed by atoms with Crippen LogP contribution in [0, 0.1) is 6.92 Å². The summed E-state index contributed by atoms with van der Waals surface area (Å²) in [5.74, 6) is 1.94. The van der Waals surface area contributed by atoms with Crippen molar-refractivity contribution in [2.24, 2.45) is 0 Å². The molecule has 6 heteroatoms. The Morgan fingerprint density at radius 3 is 2.52 bits per heavy atom. The van der Waals surface area contributed by atoms with Crippen LogP contribution in [-0.2, 0) is 0 Å². The highest BCUT2D eigenvalue weighted by atomic mass is 32.1. The van der Waals surface area contributed by atoms with Crippen molar-refractivity contribution < 1.29 is 4.79 Å². The molecule has 5 nitrogen and oxygen atoms in total. The molecule has 2 saturated heterocycles. The summed E-state index contributed by atoms with van der Waals surface area (Å²) in [5, 5.41) is 6.97. The van der Waals surface area contributed by atoms with E-state index in [0.717, 1.165) is 35.5 Å². The summed E-state index contributed by atoms with van der Waals surface area (Å²) >= 11 is 1.68. The molecule has 6 rings (SSSR count). The van der Waals surface area contributed by atoms with Gasteiger partial charge in [0, 0.05) is 42.0 Å². The summed E-state index contributed by atoms with van der Waals surface area (Å²) in [6.45, 7) is 1.98. The monoisotopic (exact) mass is 432 g/mol. The predicted octanol–water partition coefficient (Wildman–Crippen LogP) is 4.63. The third-order valence-corrected chi connectivity index (χ3v) is 8.32. The third-order valence-electron chi connectivity index (χ3n) is 7.51. The maximum absolute atomic E-state index is 13.1. The van der Waals surface area contributed by atoms with Crippen LogP contribution >= 0.6 is 11.3 Å². The van der Waals surface area contributed by atoms with E-state index in [1.807, 2.05) is 31.0 Å². The molecule has 4 heterocycles. The SMILES string of the molecule is Cc1nc([C@H]2C[C@@H]2c2ccc(C(=O)N(C)C3CC4CCC(C3)N4)cc2)c2ccsc2n1. The molecule has 3 aromatic rings. The highest BCUT2D eigenvalue weighted by Gasteiger charge is 2.42. The number of rotatable bonds is 4. The number of nitrogens with one attached hydrogen (secondary N) is 1. The lowest BCUT2D eigenvalue weighted by atomic mass is 9.97. The van der Waals surface area contributed by atoms with Crippen LogP contribution in [0.15, 0.2) is 35.7 Å². The molecule has 2 aromatic heterocycles. The molecule has 31 heavy (non-hydrogen) atoms. The number of carbonyl (C=O) groups is 1. The molecule has 1 aromatic carbocycles. The molecule has 0 radical (unpaired) electrons. The summed E-state index contributed by atoms with van der Waals surface area (Å²) in [5.41, 5.74) is 3.30. The van der Waals surface area contributed by atoms with E-state index in [9.17, 15) is 4.79 Å². The molecule has 1 aliphatic carbocycles. The Morgan fingerprint density at radius 2 is 1.77 bits per heavy atom. The Bertz CT molecular complexity index is 1130. The van der Waals surface area contributed by atoms with E-state index in [2.05, 4.69) is 33.9 Å². The molecule has 1 amide bonds. The van der Waals surface area contributed by atoms with Gasteiger partial charge in [0.1, 0.15) is 10.7 Å². The summed E-state index contributed by atoms with van der Waals surface area (Å²) in [6.07, 6.45) is 5.78. The first-order valence-corrected chi connectivity index (χ1v) is 12.3. The van der Waals surface area contributed by atoms with Gasteiger partial charge in [0.15, 0.2) is 0 Å². The molecular weight excluding hydrogens is 404 g/mol. The van der Waals surface area contributed by atoms with Crippen LogP contribution in [0.1, 0.15) is 71.4 Å². The number of aryl methyl sites for hydroxylation is 1. The topological polar surface area (TPSA) is 58.1 Å². The van der Waals surface area contributed by atoms with E-state index < -0.39 is 0 Å². The molecule has 2 unspecified atom stereocenters. The standard InChI is InChI=1S/C25H28N4OS/c1-14-26-23(20-9-10-31-24(20)27-14)22-13-21(22)15-3-5-16(6-4-15)25(30)29(2)19-11-17-7-8-18(12-19)28-17/h3-6,9-10,17-19,21-22,28H,7-8,11-13H2,1-2H3/t17?,18?,19?,21-,22+/m1/s1. The molecule has 2 bridgehead atoms. The Kier molecular flexibility index (Phi) is 4.62. The fourth-order valence-electron chi connectivity index (χ4n) is 5.72. The number of hydrogen-bond acceptors (Lipinski definition) is 5. The van der Waals surface area contributed by atoms with Crippen molar-refractivity contribution in [3.8, 4) is 0 Å². The predicted molar refractivity (Wildman–Crippen MR) is 124 cm³/mol. The van der Waals surface area contributed by atoms with E-state index in [1.165, 1.54) is 29.5 Å². The third kappa shape index (κ3) is 3.46. The van der Waals surface area contributed by atoms with Gasteiger partial charge in [-0.1, -0.05) is 12.1 Å². The van der Waals surface area contributed by atoms with Crippen molar-refractivity contribution in [3.63, 3.8) is 0 Å². The minimum absolute atomic E-state index is 0.150. The number of aromatic nitrogens is 2. The second-order valence-corrected chi connectivity index (χ2v) is 10.4.